The van der Waals surface area contributed by atoms with E-state index in [1.54, 1.807) is 7.05 Å². The van der Waals surface area contributed by atoms with Gasteiger partial charge in [-0.3, -0.25) is 4.98 Å². The van der Waals surface area contributed by atoms with Crippen molar-refractivity contribution in [2.45, 2.75) is 0 Å². The van der Waals surface area contributed by atoms with Crippen molar-refractivity contribution in [2.75, 3.05) is 12.4 Å². The Morgan fingerprint density at radius 1 is 1.88 bits per heavy atom. The molecule has 8 heavy (non-hydrogen) atoms. The second-order valence-electron chi connectivity index (χ2n) is 1.37. The van der Waals surface area contributed by atoms with Gasteiger partial charge in [0.05, 0.1) is 6.20 Å². The molecule has 4 heteroatoms. The highest BCUT2D eigenvalue weighted by atomic mass is 16.3. The van der Waals surface area contributed by atoms with Crippen LogP contribution in [0.2, 0.25) is 0 Å². The van der Waals surface area contributed by atoms with Crippen LogP contribution in [0, 0.1) is 0 Å². The molecule has 0 aliphatic carbocycles. The smallest absolute Gasteiger partial charge is 0.210 e. The third-order valence-corrected chi connectivity index (χ3v) is 0.799. The number of aromatic amines is 1. The van der Waals surface area contributed by atoms with Gasteiger partial charge in [-0.05, 0) is 0 Å². The lowest BCUT2D eigenvalue weighted by Crippen LogP contribution is -1.88. The van der Waals surface area contributed by atoms with Gasteiger partial charge in [-0.25, -0.2) is 4.98 Å². The Morgan fingerprint density at radius 2 is 2.62 bits per heavy atom. The number of nitrogens with one attached hydrogen (secondary N) is 2. The fourth-order valence-electron chi connectivity index (χ4n) is 0.439. The normalized spacial score (nSPS) is 9.12. The molecule has 0 atom stereocenters. The predicted octanol–water partition coefficient (Wildman–Crippen LogP) is 0.157. The van der Waals surface area contributed by atoms with Gasteiger partial charge in [0.2, 0.25) is 11.8 Å². The molecule has 0 bridgehead atoms. The highest BCUT2D eigenvalue weighted by molar-refractivity contribution is 5.26. The Labute approximate surface area is 46.6 Å². The van der Waals surface area contributed by atoms with Crippen molar-refractivity contribution in [3.05, 3.63) is 6.20 Å². The van der Waals surface area contributed by atoms with Crippen LogP contribution in [0.25, 0.3) is 0 Å². The van der Waals surface area contributed by atoms with Crippen LogP contribution in [0.3, 0.4) is 0 Å². The zero-order valence-electron chi connectivity index (χ0n) is 4.47. The van der Waals surface area contributed by atoms with E-state index in [9.17, 15) is 0 Å². The molecular formula is C4H7N3O. The number of imidazole rings is 1. The zero-order valence-corrected chi connectivity index (χ0v) is 4.47. The Bertz CT molecular complexity index is 172. The molecule has 0 amide bonds. The van der Waals surface area contributed by atoms with Gasteiger partial charge in [-0.2, -0.15) is 0 Å². The summed E-state index contributed by atoms with van der Waals surface area (Å²) in [7, 11) is 1.72. The number of rotatable bonds is 1. The summed E-state index contributed by atoms with van der Waals surface area (Å²) < 4.78 is 0. The fraction of sp³-hybridized carbons (Fsp3) is 0.250. The summed E-state index contributed by atoms with van der Waals surface area (Å²) in [4.78, 5) is 6.28. The lowest BCUT2D eigenvalue weighted by molar-refractivity contribution is 0.457. The van der Waals surface area contributed by atoms with E-state index in [1.165, 1.54) is 6.20 Å². The van der Waals surface area contributed by atoms with Gasteiger partial charge >= 0.3 is 0 Å². The molecule has 0 fully saturated rings. The summed E-state index contributed by atoms with van der Waals surface area (Å²) in [5, 5.41) is 11.3. The number of aromatic nitrogens is 2. The summed E-state index contributed by atoms with van der Waals surface area (Å²) in [6.07, 6.45) is 1.34. The average Bonchev–Trinajstić information content (AvgIpc) is 2.14. The van der Waals surface area contributed by atoms with E-state index in [0.717, 1.165) is 0 Å². The molecule has 1 rings (SSSR count). The van der Waals surface area contributed by atoms with Gasteiger partial charge < -0.3 is 10.4 Å². The molecular weight excluding hydrogens is 106 g/mol. The molecule has 3 N–H and O–H groups in total. The van der Waals surface area contributed by atoms with Gasteiger partial charge in [0, 0.05) is 7.05 Å². The third kappa shape index (κ3) is 0.726. The summed E-state index contributed by atoms with van der Waals surface area (Å²) in [5.41, 5.74) is 0. The SMILES string of the molecule is CNc1ncc(O)[nH]1. The number of nitrogens with zero attached hydrogens (tertiary/aromatic N) is 1. The second kappa shape index (κ2) is 1.73. The summed E-state index contributed by atoms with van der Waals surface area (Å²) >= 11 is 0. The molecule has 0 radical (unpaired) electrons. The summed E-state index contributed by atoms with van der Waals surface area (Å²) in [5.74, 6) is 0.650. The first-order valence-corrected chi connectivity index (χ1v) is 2.24. The van der Waals surface area contributed by atoms with Crippen molar-refractivity contribution < 1.29 is 5.11 Å². The van der Waals surface area contributed by atoms with Gasteiger partial charge in [-0.15, -0.1) is 0 Å². The highest BCUT2D eigenvalue weighted by Gasteiger charge is 1.90. The van der Waals surface area contributed by atoms with E-state index < -0.39 is 0 Å². The third-order valence-electron chi connectivity index (χ3n) is 0.799. The Kier molecular flexibility index (Phi) is 1.07. The first-order chi connectivity index (χ1) is 3.83. The molecule has 4 nitrogen and oxygen atoms in total. The summed E-state index contributed by atoms with van der Waals surface area (Å²) in [6, 6.07) is 0. The molecule has 1 aromatic rings. The molecule has 0 saturated heterocycles. The fourth-order valence-corrected chi connectivity index (χ4v) is 0.439. The Hall–Kier alpha value is -1.19. The Morgan fingerprint density at radius 3 is 2.88 bits per heavy atom. The maximum absolute atomic E-state index is 8.63. The van der Waals surface area contributed by atoms with E-state index in [-0.39, 0.29) is 5.88 Å². The molecule has 44 valence electrons. The first-order valence-electron chi connectivity index (χ1n) is 2.24. The minimum absolute atomic E-state index is 0.0781. The zero-order chi connectivity index (χ0) is 5.98. The van der Waals surface area contributed by atoms with Crippen LogP contribution >= 0.6 is 0 Å². The van der Waals surface area contributed by atoms with Gasteiger partial charge in [0.25, 0.3) is 0 Å². The molecule has 1 heterocycles. The number of aromatic hydroxyl groups is 1. The second-order valence-corrected chi connectivity index (χ2v) is 1.37. The van der Waals surface area contributed by atoms with Gasteiger partial charge in [0.1, 0.15) is 0 Å². The Balaban J connectivity index is 2.84. The van der Waals surface area contributed by atoms with E-state index in [0.29, 0.717) is 5.95 Å². The van der Waals surface area contributed by atoms with E-state index in [4.69, 9.17) is 5.11 Å². The van der Waals surface area contributed by atoms with Crippen molar-refractivity contribution in [3.8, 4) is 5.88 Å². The lowest BCUT2D eigenvalue weighted by Gasteiger charge is -1.86. The van der Waals surface area contributed by atoms with Crippen molar-refractivity contribution in [3.63, 3.8) is 0 Å². The lowest BCUT2D eigenvalue weighted by atomic mass is 10.9. The van der Waals surface area contributed by atoms with Gasteiger partial charge in [-0.1, -0.05) is 0 Å². The standard InChI is InChI=1S/C4H7N3O/c1-5-4-6-2-3(8)7-4/h2,8H,1H3,(H2,5,6,7). The van der Waals surface area contributed by atoms with Crippen molar-refractivity contribution in [1.29, 1.82) is 0 Å². The monoisotopic (exact) mass is 113 g/mol. The van der Waals surface area contributed by atoms with Crippen LogP contribution in [-0.4, -0.2) is 22.1 Å². The number of hydrogen-bond acceptors (Lipinski definition) is 3. The van der Waals surface area contributed by atoms with E-state index in [2.05, 4.69) is 15.3 Å². The minimum Gasteiger partial charge on any atom is -0.493 e. The quantitative estimate of drug-likeness (QED) is 0.486. The summed E-state index contributed by atoms with van der Waals surface area (Å²) in [6.45, 7) is 0. The molecule has 0 aromatic carbocycles. The highest BCUT2D eigenvalue weighted by Crippen LogP contribution is 2.04. The van der Waals surface area contributed by atoms with Gasteiger partial charge in [0.15, 0.2) is 0 Å². The molecule has 0 aliphatic rings. The topological polar surface area (TPSA) is 60.9 Å². The van der Waals surface area contributed by atoms with Crippen LogP contribution < -0.4 is 5.32 Å². The molecule has 0 spiro atoms. The van der Waals surface area contributed by atoms with Crippen molar-refractivity contribution in [2.24, 2.45) is 0 Å². The first kappa shape index (κ1) is 4.96. The minimum atomic E-state index is 0.0781. The number of anilines is 1. The maximum atomic E-state index is 8.63. The molecule has 0 unspecified atom stereocenters. The van der Waals surface area contributed by atoms with Crippen molar-refractivity contribution in [1.82, 2.24) is 9.97 Å². The van der Waals surface area contributed by atoms with Crippen LogP contribution in [0.5, 0.6) is 5.88 Å². The number of hydrogen-bond donors (Lipinski definition) is 3. The number of H-pyrrole nitrogens is 1. The largest absolute Gasteiger partial charge is 0.493 e. The molecule has 0 aliphatic heterocycles. The molecule has 1 aromatic heterocycles. The van der Waals surface area contributed by atoms with E-state index >= 15 is 0 Å². The van der Waals surface area contributed by atoms with Crippen LogP contribution in [0.15, 0.2) is 6.20 Å². The predicted molar refractivity (Wildman–Crippen MR) is 29.8 cm³/mol. The molecule has 0 saturated carbocycles. The average molecular weight is 113 g/mol. The van der Waals surface area contributed by atoms with E-state index in [1.807, 2.05) is 0 Å². The van der Waals surface area contributed by atoms with Crippen LogP contribution in [0.4, 0.5) is 5.95 Å². The van der Waals surface area contributed by atoms with Crippen LogP contribution in [-0.2, 0) is 0 Å². The van der Waals surface area contributed by atoms with Crippen molar-refractivity contribution >= 4 is 5.95 Å². The maximum Gasteiger partial charge on any atom is 0.210 e. The van der Waals surface area contributed by atoms with Crippen LogP contribution in [0.1, 0.15) is 0 Å².